The Labute approximate surface area is 126 Å². The van der Waals surface area contributed by atoms with E-state index in [9.17, 15) is 13.6 Å². The zero-order valence-electron chi connectivity index (χ0n) is 13.4. The third-order valence-electron chi connectivity index (χ3n) is 4.46. The Morgan fingerprint density at radius 1 is 1.05 bits per heavy atom. The number of carbonyl (C=O) groups is 1. The predicted molar refractivity (Wildman–Crippen MR) is 81.3 cm³/mol. The Kier molecular flexibility index (Phi) is 6.46. The maximum Gasteiger partial charge on any atom is 0.157 e. The second kappa shape index (κ2) is 7.64. The van der Waals surface area contributed by atoms with Gasteiger partial charge in [-0.25, -0.2) is 8.78 Å². The third-order valence-corrected chi connectivity index (χ3v) is 4.46. The third kappa shape index (κ3) is 3.49. The molecule has 4 heteroatoms. The van der Waals surface area contributed by atoms with Crippen LogP contribution < -0.4 is 0 Å². The van der Waals surface area contributed by atoms with E-state index in [2.05, 4.69) is 4.90 Å². The molecule has 0 saturated carbocycles. The molecule has 0 heterocycles. The monoisotopic (exact) mass is 297 g/mol. The van der Waals surface area contributed by atoms with E-state index in [4.69, 9.17) is 0 Å². The Balaban J connectivity index is 3.13. The van der Waals surface area contributed by atoms with Gasteiger partial charge in [-0.15, -0.1) is 0 Å². The van der Waals surface area contributed by atoms with Crippen LogP contribution in [-0.4, -0.2) is 29.3 Å². The molecule has 1 aromatic carbocycles. The van der Waals surface area contributed by atoms with Crippen molar-refractivity contribution in [1.29, 1.82) is 0 Å². The highest BCUT2D eigenvalue weighted by Crippen LogP contribution is 2.27. The Bertz CT molecular complexity index is 459. The average molecular weight is 297 g/mol. The Morgan fingerprint density at radius 3 is 1.90 bits per heavy atom. The van der Waals surface area contributed by atoms with Crippen LogP contribution in [0.4, 0.5) is 8.78 Å². The molecule has 1 rings (SSSR count). The van der Waals surface area contributed by atoms with Crippen LogP contribution in [0.2, 0.25) is 0 Å². The van der Waals surface area contributed by atoms with E-state index in [1.807, 2.05) is 27.7 Å². The minimum Gasteiger partial charge on any atom is -0.297 e. The maximum atomic E-state index is 13.8. The van der Waals surface area contributed by atoms with Crippen LogP contribution in [0, 0.1) is 11.6 Å². The number of rotatable bonds is 8. The highest BCUT2D eigenvalue weighted by atomic mass is 19.1. The zero-order valence-corrected chi connectivity index (χ0v) is 13.4. The van der Waals surface area contributed by atoms with Crippen molar-refractivity contribution in [3.8, 4) is 0 Å². The van der Waals surface area contributed by atoms with Gasteiger partial charge in [-0.05, 0) is 38.1 Å². The number of hydrogen-bond donors (Lipinski definition) is 0. The standard InChI is InChI=1S/C17H25F2NO/c1-5-17(6-2,20(7-3)8-4)16(21)12-13-14(18)10-9-11-15(13)19/h9-11H,5-8,12H2,1-4H3. The summed E-state index contributed by atoms with van der Waals surface area (Å²) in [5, 5.41) is 0. The molecule has 21 heavy (non-hydrogen) atoms. The topological polar surface area (TPSA) is 20.3 Å². The fraction of sp³-hybridized carbons (Fsp3) is 0.588. The molecule has 0 aliphatic heterocycles. The molecule has 0 radical (unpaired) electrons. The van der Waals surface area contributed by atoms with E-state index >= 15 is 0 Å². The molecular formula is C17H25F2NO. The van der Waals surface area contributed by atoms with Crippen LogP contribution in [0.3, 0.4) is 0 Å². The minimum absolute atomic E-state index is 0.111. The summed E-state index contributed by atoms with van der Waals surface area (Å²) in [5.74, 6) is -1.41. The Hall–Kier alpha value is -1.29. The van der Waals surface area contributed by atoms with Crippen molar-refractivity contribution >= 4 is 5.78 Å². The summed E-state index contributed by atoms with van der Waals surface area (Å²) < 4.78 is 27.5. The molecule has 0 saturated heterocycles. The molecule has 0 fully saturated rings. The highest BCUT2D eigenvalue weighted by molar-refractivity contribution is 5.90. The number of hydrogen-bond acceptors (Lipinski definition) is 2. The summed E-state index contributed by atoms with van der Waals surface area (Å²) in [7, 11) is 0. The van der Waals surface area contributed by atoms with Crippen LogP contribution in [0.25, 0.3) is 0 Å². The van der Waals surface area contributed by atoms with Crippen LogP contribution in [-0.2, 0) is 11.2 Å². The summed E-state index contributed by atoms with van der Waals surface area (Å²) in [6.45, 7) is 9.39. The summed E-state index contributed by atoms with van der Waals surface area (Å²) in [6.07, 6.45) is 1.08. The van der Waals surface area contributed by atoms with E-state index in [1.54, 1.807) is 0 Å². The van der Waals surface area contributed by atoms with Gasteiger partial charge in [0, 0.05) is 12.0 Å². The molecule has 1 aromatic rings. The number of ketones is 1. The minimum atomic E-state index is -0.649. The number of Topliss-reactive ketones (excluding diaryl/α,β-unsaturated/α-hetero) is 1. The van der Waals surface area contributed by atoms with Gasteiger partial charge in [0.25, 0.3) is 0 Å². The van der Waals surface area contributed by atoms with Gasteiger partial charge in [0.2, 0.25) is 0 Å². The normalized spacial score (nSPS) is 12.0. The molecule has 118 valence electrons. The summed E-state index contributed by atoms with van der Waals surface area (Å²) in [5.41, 5.74) is -0.765. The van der Waals surface area contributed by atoms with Crippen molar-refractivity contribution in [2.45, 2.75) is 52.5 Å². The van der Waals surface area contributed by atoms with E-state index in [0.29, 0.717) is 12.8 Å². The van der Waals surface area contributed by atoms with Crippen molar-refractivity contribution < 1.29 is 13.6 Å². The van der Waals surface area contributed by atoms with Crippen LogP contribution in [0.1, 0.15) is 46.1 Å². The van der Waals surface area contributed by atoms with Crippen LogP contribution in [0.5, 0.6) is 0 Å². The lowest BCUT2D eigenvalue weighted by atomic mass is 9.82. The molecule has 2 nitrogen and oxygen atoms in total. The number of carbonyl (C=O) groups excluding carboxylic acids is 1. The lowest BCUT2D eigenvalue weighted by Crippen LogP contribution is -2.54. The van der Waals surface area contributed by atoms with E-state index < -0.39 is 17.2 Å². The molecule has 0 aliphatic carbocycles. The number of likely N-dealkylation sites (N-methyl/N-ethyl adjacent to an activating group) is 1. The summed E-state index contributed by atoms with van der Waals surface area (Å²) >= 11 is 0. The summed E-state index contributed by atoms with van der Waals surface area (Å²) in [4.78, 5) is 14.9. The molecule has 0 aromatic heterocycles. The highest BCUT2D eigenvalue weighted by Gasteiger charge is 2.39. The van der Waals surface area contributed by atoms with E-state index in [1.165, 1.54) is 18.2 Å². The van der Waals surface area contributed by atoms with E-state index in [-0.39, 0.29) is 17.8 Å². The van der Waals surface area contributed by atoms with E-state index in [0.717, 1.165) is 13.1 Å². The van der Waals surface area contributed by atoms with Gasteiger partial charge < -0.3 is 0 Å². The molecule has 0 atom stereocenters. The molecular weight excluding hydrogens is 272 g/mol. The smallest absolute Gasteiger partial charge is 0.157 e. The van der Waals surface area contributed by atoms with Crippen molar-refractivity contribution in [2.24, 2.45) is 0 Å². The quantitative estimate of drug-likeness (QED) is 0.723. The Morgan fingerprint density at radius 2 is 1.52 bits per heavy atom. The fourth-order valence-corrected chi connectivity index (χ4v) is 3.12. The average Bonchev–Trinajstić information content (AvgIpc) is 2.48. The first-order valence-corrected chi connectivity index (χ1v) is 7.67. The zero-order chi connectivity index (χ0) is 16.0. The number of nitrogens with zero attached hydrogens (tertiary/aromatic N) is 1. The van der Waals surface area contributed by atoms with Gasteiger partial charge >= 0.3 is 0 Å². The molecule has 0 N–H and O–H groups in total. The van der Waals surface area contributed by atoms with Gasteiger partial charge in [0.15, 0.2) is 5.78 Å². The van der Waals surface area contributed by atoms with Crippen LogP contribution >= 0.6 is 0 Å². The van der Waals surface area contributed by atoms with Gasteiger partial charge in [0.1, 0.15) is 11.6 Å². The van der Waals surface area contributed by atoms with Crippen molar-refractivity contribution in [2.75, 3.05) is 13.1 Å². The molecule has 0 spiro atoms. The van der Waals surface area contributed by atoms with Crippen molar-refractivity contribution in [1.82, 2.24) is 4.90 Å². The fourth-order valence-electron chi connectivity index (χ4n) is 3.12. The first-order valence-electron chi connectivity index (χ1n) is 7.67. The van der Waals surface area contributed by atoms with Gasteiger partial charge in [0.05, 0.1) is 5.54 Å². The van der Waals surface area contributed by atoms with Crippen molar-refractivity contribution in [3.63, 3.8) is 0 Å². The largest absolute Gasteiger partial charge is 0.297 e. The van der Waals surface area contributed by atoms with Crippen LogP contribution in [0.15, 0.2) is 18.2 Å². The second-order valence-corrected chi connectivity index (χ2v) is 5.21. The lowest BCUT2D eigenvalue weighted by Gasteiger charge is -2.41. The number of benzene rings is 1. The molecule has 0 unspecified atom stereocenters. The molecule has 0 aliphatic rings. The molecule has 0 amide bonds. The first-order chi connectivity index (χ1) is 9.96. The first kappa shape index (κ1) is 17.8. The van der Waals surface area contributed by atoms with Crippen molar-refractivity contribution in [3.05, 3.63) is 35.4 Å². The molecule has 0 bridgehead atoms. The van der Waals surface area contributed by atoms with Gasteiger partial charge in [-0.3, -0.25) is 9.69 Å². The van der Waals surface area contributed by atoms with Gasteiger partial charge in [-0.2, -0.15) is 0 Å². The maximum absolute atomic E-state index is 13.8. The predicted octanol–water partition coefficient (Wildman–Crippen LogP) is 3.98. The second-order valence-electron chi connectivity index (χ2n) is 5.21. The van der Waals surface area contributed by atoms with Gasteiger partial charge in [-0.1, -0.05) is 33.8 Å². The SMILES string of the molecule is CCN(CC)C(CC)(CC)C(=O)Cc1c(F)cccc1F. The summed E-state index contributed by atoms with van der Waals surface area (Å²) in [6, 6.07) is 3.71. The lowest BCUT2D eigenvalue weighted by molar-refractivity contribution is -0.131. The number of halogens is 2.